The van der Waals surface area contributed by atoms with Gasteiger partial charge in [-0.05, 0) is 35.8 Å². The fourth-order valence-electron chi connectivity index (χ4n) is 1.16. The molecule has 1 aliphatic rings. The van der Waals surface area contributed by atoms with Crippen molar-refractivity contribution in [2.45, 2.75) is 6.42 Å². The smallest absolute Gasteiger partial charge is 0.0481 e. The van der Waals surface area contributed by atoms with Crippen LogP contribution in [0.2, 0.25) is 5.02 Å². The van der Waals surface area contributed by atoms with Crippen LogP contribution >= 0.6 is 11.6 Å². The van der Waals surface area contributed by atoms with Gasteiger partial charge in [0.15, 0.2) is 0 Å². The molecule has 49 valence electrons. The first kappa shape index (κ1) is 5.99. The summed E-state index contributed by atoms with van der Waals surface area (Å²) in [7, 11) is 0. The average molecular weight is 150 g/mol. The molecule has 10 heavy (non-hydrogen) atoms. The fourth-order valence-corrected chi connectivity index (χ4v) is 1.41. The monoisotopic (exact) mass is 149 g/mol. The van der Waals surface area contributed by atoms with Gasteiger partial charge in [-0.15, -0.1) is 0 Å². The van der Waals surface area contributed by atoms with E-state index in [2.05, 4.69) is 12.1 Å². The fraction of sp³-hybridized carbons (Fsp3) is 0.111. The third kappa shape index (κ3) is 0.764. The minimum atomic E-state index is 0.836. The molecule has 0 aromatic heterocycles. The Morgan fingerprint density at radius 1 is 1.40 bits per heavy atom. The Morgan fingerprint density at radius 3 is 3.10 bits per heavy atom. The highest BCUT2D eigenvalue weighted by atomic mass is 35.5. The lowest BCUT2D eigenvalue weighted by atomic mass is 10.1. The van der Waals surface area contributed by atoms with E-state index < -0.39 is 0 Å². The van der Waals surface area contributed by atoms with E-state index in [1.807, 2.05) is 18.2 Å². The summed E-state index contributed by atoms with van der Waals surface area (Å²) in [6, 6.07) is 5.96. The molecule has 0 nitrogen and oxygen atoms in total. The standard InChI is InChI=1S/C9H6Cl/c10-9-6-2-4-7-3-1-5-8(7)9/h2,4-6H,3H2. The molecule has 0 saturated carbocycles. The molecule has 1 heteroatoms. The van der Waals surface area contributed by atoms with Crippen LogP contribution in [0.4, 0.5) is 0 Å². The summed E-state index contributed by atoms with van der Waals surface area (Å²) in [4.78, 5) is 0. The highest BCUT2D eigenvalue weighted by Crippen LogP contribution is 2.25. The summed E-state index contributed by atoms with van der Waals surface area (Å²) >= 11 is 5.90. The van der Waals surface area contributed by atoms with Gasteiger partial charge in [-0.3, -0.25) is 0 Å². The van der Waals surface area contributed by atoms with Gasteiger partial charge < -0.3 is 0 Å². The third-order valence-corrected chi connectivity index (χ3v) is 2.01. The van der Waals surface area contributed by atoms with Crippen LogP contribution in [0.3, 0.4) is 0 Å². The molecule has 0 atom stereocenters. The van der Waals surface area contributed by atoms with Crippen LogP contribution in [-0.4, -0.2) is 0 Å². The minimum absolute atomic E-state index is 0.836. The van der Waals surface area contributed by atoms with Crippen molar-refractivity contribution in [3.05, 3.63) is 40.4 Å². The van der Waals surface area contributed by atoms with Gasteiger partial charge in [0.1, 0.15) is 0 Å². The maximum atomic E-state index is 5.90. The van der Waals surface area contributed by atoms with Gasteiger partial charge in [0.25, 0.3) is 0 Å². The highest BCUT2D eigenvalue weighted by Gasteiger charge is 2.06. The van der Waals surface area contributed by atoms with Crippen molar-refractivity contribution in [3.8, 4) is 0 Å². The topological polar surface area (TPSA) is 0 Å². The summed E-state index contributed by atoms with van der Waals surface area (Å²) in [5, 5.41) is 0.836. The molecule has 2 rings (SSSR count). The van der Waals surface area contributed by atoms with E-state index in [-0.39, 0.29) is 0 Å². The summed E-state index contributed by atoms with van der Waals surface area (Å²) in [5.74, 6) is 0. The zero-order valence-electron chi connectivity index (χ0n) is 5.39. The Morgan fingerprint density at radius 2 is 2.30 bits per heavy atom. The number of hydrogen-bond acceptors (Lipinski definition) is 0. The first-order chi connectivity index (χ1) is 4.88. The van der Waals surface area contributed by atoms with Gasteiger partial charge in [-0.25, -0.2) is 0 Å². The first-order valence-corrected chi connectivity index (χ1v) is 3.60. The second-order valence-corrected chi connectivity index (χ2v) is 2.75. The summed E-state index contributed by atoms with van der Waals surface area (Å²) < 4.78 is 0. The van der Waals surface area contributed by atoms with E-state index in [0.29, 0.717) is 0 Å². The SMILES string of the molecule is Clc1cccc2c1C=[C]C2. The minimum Gasteiger partial charge on any atom is -0.0837 e. The van der Waals surface area contributed by atoms with Gasteiger partial charge in [-0.1, -0.05) is 23.7 Å². The molecule has 0 amide bonds. The second-order valence-electron chi connectivity index (χ2n) is 2.34. The maximum absolute atomic E-state index is 5.90. The van der Waals surface area contributed by atoms with Crippen LogP contribution in [0.15, 0.2) is 18.2 Å². The van der Waals surface area contributed by atoms with Gasteiger partial charge in [0, 0.05) is 5.02 Å². The number of rotatable bonds is 0. The zero-order chi connectivity index (χ0) is 6.97. The van der Waals surface area contributed by atoms with Crippen LogP contribution < -0.4 is 0 Å². The number of hydrogen-bond donors (Lipinski definition) is 0. The number of allylic oxidation sites excluding steroid dienone is 1. The second kappa shape index (κ2) is 2.14. The lowest BCUT2D eigenvalue weighted by Gasteiger charge is -1.98. The van der Waals surface area contributed by atoms with Crippen molar-refractivity contribution < 1.29 is 0 Å². The Hall–Kier alpha value is -0.750. The number of fused-ring (bicyclic) bond motifs is 1. The van der Waals surface area contributed by atoms with E-state index in [9.17, 15) is 0 Å². The van der Waals surface area contributed by atoms with Gasteiger partial charge in [0.05, 0.1) is 0 Å². The van der Waals surface area contributed by atoms with Gasteiger partial charge in [0.2, 0.25) is 0 Å². The Balaban J connectivity index is 2.67. The molecule has 0 spiro atoms. The van der Waals surface area contributed by atoms with Crippen molar-refractivity contribution in [3.63, 3.8) is 0 Å². The normalized spacial score (nSPS) is 13.7. The largest absolute Gasteiger partial charge is 0.0837 e. The van der Waals surface area contributed by atoms with Crippen molar-refractivity contribution in [1.82, 2.24) is 0 Å². The van der Waals surface area contributed by atoms with E-state index in [0.717, 1.165) is 17.0 Å². The Bertz CT molecular complexity index is 287. The molecule has 0 unspecified atom stereocenters. The molecule has 0 N–H and O–H groups in total. The van der Waals surface area contributed by atoms with Crippen molar-refractivity contribution in [2.24, 2.45) is 0 Å². The van der Waals surface area contributed by atoms with Gasteiger partial charge in [-0.2, -0.15) is 0 Å². The molecule has 0 saturated heterocycles. The zero-order valence-corrected chi connectivity index (χ0v) is 6.15. The number of halogens is 1. The molecular weight excluding hydrogens is 144 g/mol. The molecule has 0 bridgehead atoms. The lowest BCUT2D eigenvalue weighted by molar-refractivity contribution is 1.28. The van der Waals surface area contributed by atoms with Crippen molar-refractivity contribution in [2.75, 3.05) is 0 Å². The molecule has 1 aliphatic carbocycles. The Kier molecular flexibility index (Phi) is 1.28. The van der Waals surface area contributed by atoms with Crippen LogP contribution in [0.1, 0.15) is 11.1 Å². The lowest BCUT2D eigenvalue weighted by Crippen LogP contribution is -1.80. The predicted octanol–water partition coefficient (Wildman–Crippen LogP) is 2.71. The molecular formula is C9H6Cl. The van der Waals surface area contributed by atoms with Crippen LogP contribution in [-0.2, 0) is 6.42 Å². The van der Waals surface area contributed by atoms with Crippen LogP contribution in [0.25, 0.3) is 6.08 Å². The third-order valence-electron chi connectivity index (χ3n) is 1.68. The van der Waals surface area contributed by atoms with E-state index in [1.165, 1.54) is 5.56 Å². The van der Waals surface area contributed by atoms with Crippen LogP contribution in [0.5, 0.6) is 0 Å². The summed E-state index contributed by atoms with van der Waals surface area (Å²) in [6.07, 6.45) is 5.99. The van der Waals surface area contributed by atoms with E-state index in [4.69, 9.17) is 11.6 Å². The maximum Gasteiger partial charge on any atom is 0.0481 e. The number of benzene rings is 1. The molecule has 0 heterocycles. The predicted molar refractivity (Wildman–Crippen MR) is 42.9 cm³/mol. The quantitative estimate of drug-likeness (QED) is 0.532. The first-order valence-electron chi connectivity index (χ1n) is 3.22. The molecule has 0 fully saturated rings. The summed E-state index contributed by atoms with van der Waals surface area (Å²) in [6.45, 7) is 0. The Labute approximate surface area is 65.1 Å². The van der Waals surface area contributed by atoms with E-state index >= 15 is 0 Å². The molecule has 1 radical (unpaired) electrons. The van der Waals surface area contributed by atoms with Crippen LogP contribution in [0, 0.1) is 6.08 Å². The highest BCUT2D eigenvalue weighted by molar-refractivity contribution is 6.32. The molecule has 0 aliphatic heterocycles. The average Bonchev–Trinajstić information content (AvgIpc) is 2.36. The molecule has 1 aromatic rings. The van der Waals surface area contributed by atoms with E-state index in [1.54, 1.807) is 0 Å². The van der Waals surface area contributed by atoms with Crippen molar-refractivity contribution >= 4 is 17.7 Å². The summed E-state index contributed by atoms with van der Waals surface area (Å²) in [5.41, 5.74) is 2.43. The van der Waals surface area contributed by atoms with Gasteiger partial charge >= 0.3 is 0 Å². The van der Waals surface area contributed by atoms with Crippen molar-refractivity contribution in [1.29, 1.82) is 0 Å². The molecule has 1 aromatic carbocycles.